The normalized spacial score (nSPS) is 10.9. The number of halogens is 6. The minimum atomic E-state index is -0.959. The number of allylic oxidation sites excluding steroid dienone is 2. The largest absolute Gasteiger partial charge is 0.512 e. The number of aromatic carboxylic acids is 2. The van der Waals surface area contributed by atoms with E-state index in [0.29, 0.717) is 22.8 Å². The van der Waals surface area contributed by atoms with Crippen LogP contribution in [-0.4, -0.2) is 102 Å². The van der Waals surface area contributed by atoms with Crippen molar-refractivity contribution in [1.29, 1.82) is 0 Å². The minimum absolute atomic E-state index is 0. The van der Waals surface area contributed by atoms with Crippen LogP contribution in [0.1, 0.15) is 140 Å². The minimum Gasteiger partial charge on any atom is -0.512 e. The van der Waals surface area contributed by atoms with Crippen LogP contribution in [0.5, 0.6) is 0 Å². The van der Waals surface area contributed by atoms with Crippen LogP contribution in [0.25, 0.3) is 111 Å². The third-order valence-corrected chi connectivity index (χ3v) is 21.5. The number of carbonyl (C=O) groups excluding carboxylic acids is 1. The number of carboxylic acid groups (broad SMARTS) is 2. The molecule has 0 aliphatic heterocycles. The number of aliphatic hydroxyl groups is 1. The van der Waals surface area contributed by atoms with Gasteiger partial charge in [-0.1, -0.05) is 224 Å². The molecule has 0 bridgehead atoms. The second-order valence-corrected chi connectivity index (χ2v) is 36.3. The number of pyridine rings is 6. The summed E-state index contributed by atoms with van der Waals surface area (Å²) in [5, 5.41) is 50.6. The molecule has 3 N–H and O–H groups in total. The number of para-hydroxylation sites is 2. The molecule has 0 amide bonds. The molecule has 20 aromatic rings. The molecule has 3 radical (unpaired) electrons. The van der Waals surface area contributed by atoms with E-state index in [1.165, 1.54) is 110 Å². The number of fused-ring (bicyclic) bond motifs is 6. The Morgan fingerprint density at radius 1 is 0.301 bits per heavy atom. The van der Waals surface area contributed by atoms with Gasteiger partial charge >= 0.3 is 11.9 Å². The Labute approximate surface area is 884 Å². The summed E-state index contributed by atoms with van der Waals surface area (Å²) < 4.78 is 82.7. The van der Waals surface area contributed by atoms with Crippen LogP contribution in [0.15, 0.2) is 353 Å². The molecule has 0 fully saturated rings. The van der Waals surface area contributed by atoms with Crippen molar-refractivity contribution >= 4 is 60.8 Å². The second kappa shape index (κ2) is 52.8. The number of hydrogen-bond acceptors (Lipinski definition) is 14. The summed E-state index contributed by atoms with van der Waals surface area (Å²) in [6, 6.07) is 92.3. The molecule has 0 saturated carbocycles. The van der Waals surface area contributed by atoms with Crippen molar-refractivity contribution in [3.63, 3.8) is 0 Å². The number of benzene rings is 10. The van der Waals surface area contributed by atoms with Gasteiger partial charge in [0.2, 0.25) is 0 Å². The van der Waals surface area contributed by atoms with E-state index in [-0.39, 0.29) is 128 Å². The summed E-state index contributed by atoms with van der Waals surface area (Å²) in [5.41, 5.74) is 13.7. The van der Waals surface area contributed by atoms with Crippen molar-refractivity contribution < 1.29 is 116 Å². The predicted octanol–water partition coefficient (Wildman–Crippen LogP) is 27.1. The Bertz CT molecular complexity index is 7210. The first-order chi connectivity index (χ1) is 68.2. The van der Waals surface area contributed by atoms with E-state index in [4.69, 9.17) is 5.11 Å². The number of rotatable bonds is 11. The van der Waals surface area contributed by atoms with Crippen LogP contribution in [0.2, 0.25) is 0 Å². The number of carboxylic acids is 2. The third-order valence-electron chi connectivity index (χ3n) is 21.5. The molecule has 0 unspecified atom stereocenters. The van der Waals surface area contributed by atoms with Crippen LogP contribution >= 0.6 is 0 Å². The first-order valence-corrected chi connectivity index (χ1v) is 45.1. The SMILES string of the molecule is CC(=O)C=C(C)O.CC(C)(C)c1ccnc(-c2cc(C(C)(C)C)ccn2)c1.CC(C)(C)c1ccnc(-c2cc(C(C)(C)C)ccn2)c1.Fc1c[c-]c(-n2cccn2)c(F)c1.Fc1c[c-]c(-n2cccn2)c(F)c1.Fc1ccc[c-]c1-n1cccn1.Fc1ccc[c-]c1-n1cccn1.O=C(O)c1ccnc(-c2[c-]c3ccccc3c3ccccc23)c1.O=C(O)c1ccnc(-c2[c-]c3ccccc3c3ccccc23)c1.[Ir].[Ir].[Ir]. The standard InChI is InChI=1S/2C20H12NO2.2C18H24N2.2C9H5F2N2.2C9H6FN2.C5H8O2.3Ir/c2*22-20(23)14-9-10-21-19(12-14)18-11-13-5-1-2-6-15(13)16-7-3-4-8-17(16)18;2*1-17(2,3)13-7-9-19-15(11-13)16-12-14(8-10-20-16)18(4,5)6;2*10-7-2-3-9(8(11)6-7)13-5-1-4-12-13;2*10-8-4-1-2-5-9(8)12-7-3-6-11-12;1-4(6)3-5(2)7;;;/h2*1-10,12H,(H,22,23);2*7-12H,1-6H3;2*1-2,4-6H;2*1-4,6-7H;3,6H,1-2H3;;;/q2*-1;;;4*-1;;;;. The Morgan fingerprint density at radius 3 is 0.829 bits per heavy atom. The molecule has 0 aliphatic carbocycles. The second-order valence-electron chi connectivity index (χ2n) is 36.3. The van der Waals surface area contributed by atoms with Crippen LogP contribution in [0, 0.1) is 71.3 Å². The van der Waals surface area contributed by atoms with Crippen LogP contribution in [-0.2, 0) is 86.8 Å². The van der Waals surface area contributed by atoms with Crippen molar-refractivity contribution in [2.75, 3.05) is 0 Å². The Balaban J connectivity index is 0.000000185. The number of carbonyl (C=O) groups is 3. The summed E-state index contributed by atoms with van der Waals surface area (Å²) in [6.07, 6.45) is 24.4. The van der Waals surface area contributed by atoms with Crippen molar-refractivity contribution in [1.82, 2.24) is 69.0 Å². The zero-order valence-corrected chi connectivity index (χ0v) is 89.2. The molecule has 751 valence electrons. The zero-order valence-electron chi connectivity index (χ0n) is 82.0. The monoisotopic (exact) mass is 2490 g/mol. The number of ketones is 1. The maximum absolute atomic E-state index is 13.1. The molecule has 0 aliphatic rings. The molecule has 146 heavy (non-hydrogen) atoms. The van der Waals surface area contributed by atoms with Gasteiger partial charge < -0.3 is 15.3 Å². The van der Waals surface area contributed by atoms with E-state index in [1.807, 2.05) is 97.6 Å². The van der Waals surface area contributed by atoms with Crippen LogP contribution in [0.4, 0.5) is 26.3 Å². The summed E-state index contributed by atoms with van der Waals surface area (Å²) in [6.45, 7) is 29.4. The van der Waals surface area contributed by atoms with Gasteiger partial charge in [-0.3, -0.25) is 79.8 Å². The summed E-state index contributed by atoms with van der Waals surface area (Å²) >= 11 is 0. The maximum Gasteiger partial charge on any atom is 0.335 e. The molecule has 10 aromatic carbocycles. The van der Waals surface area contributed by atoms with Gasteiger partial charge in [-0.2, -0.15) is 68.9 Å². The number of aromatic nitrogens is 14. The van der Waals surface area contributed by atoms with E-state index in [9.17, 15) is 50.9 Å². The molecular formula is C117H102F6Ir3N14O6-6. The molecule has 10 heterocycles. The average molecular weight is 2490 g/mol. The number of aliphatic hydroxyl groups excluding tert-OH is 1. The van der Waals surface area contributed by atoms with Crippen molar-refractivity contribution in [3.05, 3.63) is 458 Å². The van der Waals surface area contributed by atoms with Gasteiger partial charge in [-0.15, -0.1) is 71.4 Å². The first kappa shape index (κ1) is 114. The van der Waals surface area contributed by atoms with Gasteiger partial charge in [0.05, 0.1) is 39.7 Å². The molecule has 0 saturated heterocycles. The van der Waals surface area contributed by atoms with Crippen LogP contribution < -0.4 is 0 Å². The third kappa shape index (κ3) is 31.8. The summed E-state index contributed by atoms with van der Waals surface area (Å²) in [5.74, 6) is -5.26. The maximum atomic E-state index is 13.1. The fourth-order valence-corrected chi connectivity index (χ4v) is 14.2. The smallest absolute Gasteiger partial charge is 0.335 e. The van der Waals surface area contributed by atoms with E-state index in [1.54, 1.807) is 97.8 Å². The van der Waals surface area contributed by atoms with Gasteiger partial charge in [0.15, 0.2) is 5.78 Å². The van der Waals surface area contributed by atoms with Gasteiger partial charge in [0, 0.05) is 199 Å². The molecular weight excluding hydrogens is 2390 g/mol. The van der Waals surface area contributed by atoms with E-state index in [0.717, 1.165) is 101 Å². The zero-order chi connectivity index (χ0) is 103. The quantitative estimate of drug-likeness (QED) is 0.0357. The molecule has 0 spiro atoms. The van der Waals surface area contributed by atoms with E-state index >= 15 is 0 Å². The van der Waals surface area contributed by atoms with E-state index in [2.05, 4.69) is 243 Å². The topological polar surface area (TPSA) is 261 Å². The Kier molecular flexibility index (Phi) is 41.3. The fourth-order valence-electron chi connectivity index (χ4n) is 14.2. The van der Waals surface area contributed by atoms with Crippen molar-refractivity contribution in [3.8, 4) is 68.0 Å². The summed E-state index contributed by atoms with van der Waals surface area (Å²) in [4.78, 5) is 59.1. The predicted molar refractivity (Wildman–Crippen MR) is 547 cm³/mol. The molecule has 20 nitrogen and oxygen atoms in total. The number of nitrogens with zero attached hydrogens (tertiary/aromatic N) is 14. The molecule has 10 aromatic heterocycles. The fraction of sp³-hybridized carbons (Fsp3) is 0.154. The van der Waals surface area contributed by atoms with E-state index < -0.39 is 35.2 Å². The van der Waals surface area contributed by atoms with Gasteiger partial charge in [-0.05, 0) is 165 Å². The van der Waals surface area contributed by atoms with Crippen molar-refractivity contribution in [2.45, 2.75) is 119 Å². The van der Waals surface area contributed by atoms with Crippen LogP contribution in [0.3, 0.4) is 0 Å². The van der Waals surface area contributed by atoms with Gasteiger partial charge in [-0.25, -0.2) is 9.59 Å². The van der Waals surface area contributed by atoms with Crippen molar-refractivity contribution in [2.24, 2.45) is 0 Å². The first-order valence-electron chi connectivity index (χ1n) is 45.1. The van der Waals surface area contributed by atoms with Gasteiger partial charge in [0.1, 0.15) is 0 Å². The summed E-state index contributed by atoms with van der Waals surface area (Å²) in [7, 11) is 0. The average Bonchev–Trinajstić information content (AvgIpc) is 1.09. The number of hydrogen-bond donors (Lipinski definition) is 3. The molecule has 0 atom stereocenters. The molecule has 20 rings (SSSR count). The van der Waals surface area contributed by atoms with Gasteiger partial charge in [0.25, 0.3) is 0 Å². The Morgan fingerprint density at radius 2 is 0.575 bits per heavy atom. The Hall–Kier alpha value is -15.3. The molecule has 29 heteroatoms.